The van der Waals surface area contributed by atoms with Gasteiger partial charge in [0.2, 0.25) is 0 Å². The summed E-state index contributed by atoms with van der Waals surface area (Å²) in [5.41, 5.74) is 7.26. The lowest BCUT2D eigenvalue weighted by Gasteiger charge is -2.17. The van der Waals surface area contributed by atoms with Crippen LogP contribution in [0.2, 0.25) is 0 Å². The lowest BCUT2D eigenvalue weighted by atomic mass is 9.93. The van der Waals surface area contributed by atoms with Crippen molar-refractivity contribution in [2.24, 2.45) is 5.92 Å². The molecule has 1 aliphatic rings. The first-order valence-electron chi connectivity index (χ1n) is 6.92. The first-order valence-corrected chi connectivity index (χ1v) is 6.92. The Morgan fingerprint density at radius 1 is 1.30 bits per heavy atom. The highest BCUT2D eigenvalue weighted by molar-refractivity contribution is 5.96. The summed E-state index contributed by atoms with van der Waals surface area (Å²) < 4.78 is 0. The van der Waals surface area contributed by atoms with E-state index < -0.39 is 0 Å². The van der Waals surface area contributed by atoms with Gasteiger partial charge in [0.05, 0.1) is 17.2 Å². The van der Waals surface area contributed by atoms with Crippen molar-refractivity contribution in [2.45, 2.75) is 32.4 Å². The highest BCUT2D eigenvalue weighted by Crippen LogP contribution is 2.17. The molecular formula is C15H20N4O. The Hall–Kier alpha value is -1.90. The van der Waals surface area contributed by atoms with Crippen molar-refractivity contribution < 1.29 is 4.79 Å². The topological polar surface area (TPSA) is 76.9 Å². The van der Waals surface area contributed by atoms with E-state index in [4.69, 9.17) is 5.26 Å². The van der Waals surface area contributed by atoms with E-state index in [1.165, 1.54) is 0 Å². The second-order valence-electron chi connectivity index (χ2n) is 5.23. The number of rotatable bonds is 4. The number of hydrogen-bond donors (Lipinski definition) is 3. The number of hydrazine groups is 1. The molecule has 5 nitrogen and oxygen atoms in total. The Morgan fingerprint density at radius 3 is 2.60 bits per heavy atom. The van der Waals surface area contributed by atoms with Crippen LogP contribution < -0.4 is 16.2 Å². The van der Waals surface area contributed by atoms with Crippen molar-refractivity contribution in [1.29, 1.82) is 5.26 Å². The van der Waals surface area contributed by atoms with E-state index in [2.05, 4.69) is 30.0 Å². The molecule has 2 unspecified atom stereocenters. The summed E-state index contributed by atoms with van der Waals surface area (Å²) in [5.74, 6) is 0.308. The molecule has 3 N–H and O–H groups in total. The number of nitrogens with one attached hydrogen (secondary N) is 3. The standard InChI is InChI=1S/C15H20N4O/c1-10-13(11(2)19-18-10)7-8-17-15(20)14-6-4-3-5-12(14)9-16/h3-6,10-11,13,18-19H,7-8H2,1-2H3,(H,17,20). The third-order valence-electron chi connectivity index (χ3n) is 3.88. The lowest BCUT2D eigenvalue weighted by molar-refractivity contribution is 0.0950. The maximum Gasteiger partial charge on any atom is 0.252 e. The molecule has 20 heavy (non-hydrogen) atoms. The van der Waals surface area contributed by atoms with Gasteiger partial charge in [0.1, 0.15) is 0 Å². The molecule has 1 aromatic rings. The summed E-state index contributed by atoms with van der Waals surface area (Å²) in [6, 6.07) is 9.70. The zero-order valence-corrected chi connectivity index (χ0v) is 11.8. The summed E-state index contributed by atoms with van der Waals surface area (Å²) in [5, 5.41) is 11.9. The van der Waals surface area contributed by atoms with Crippen LogP contribution in [0.15, 0.2) is 24.3 Å². The molecule has 1 aromatic carbocycles. The minimum absolute atomic E-state index is 0.179. The second-order valence-corrected chi connectivity index (χ2v) is 5.23. The van der Waals surface area contributed by atoms with Crippen LogP contribution in [0.5, 0.6) is 0 Å². The molecule has 1 saturated heterocycles. The minimum atomic E-state index is -0.179. The van der Waals surface area contributed by atoms with E-state index in [-0.39, 0.29) is 5.91 Å². The molecule has 1 amide bonds. The van der Waals surface area contributed by atoms with Crippen molar-refractivity contribution in [1.82, 2.24) is 16.2 Å². The normalized spacial score (nSPS) is 25.1. The second kappa shape index (κ2) is 6.51. The number of amides is 1. The molecule has 1 aliphatic heterocycles. The fourth-order valence-corrected chi connectivity index (χ4v) is 2.64. The van der Waals surface area contributed by atoms with Gasteiger partial charge in [-0.25, -0.2) is 0 Å². The van der Waals surface area contributed by atoms with Gasteiger partial charge < -0.3 is 5.32 Å². The molecule has 0 bridgehead atoms. The molecule has 2 rings (SSSR count). The van der Waals surface area contributed by atoms with Crippen LogP contribution >= 0.6 is 0 Å². The van der Waals surface area contributed by atoms with Crippen molar-refractivity contribution in [3.63, 3.8) is 0 Å². The highest BCUT2D eigenvalue weighted by atomic mass is 16.1. The predicted octanol–water partition coefficient (Wildman–Crippen LogP) is 1.18. The number of hydrogen-bond acceptors (Lipinski definition) is 4. The van der Waals surface area contributed by atoms with Crippen LogP contribution in [0, 0.1) is 17.2 Å². The molecular weight excluding hydrogens is 252 g/mol. The van der Waals surface area contributed by atoms with Gasteiger partial charge in [0.25, 0.3) is 5.91 Å². The quantitative estimate of drug-likeness (QED) is 0.769. The Labute approximate surface area is 119 Å². The van der Waals surface area contributed by atoms with Crippen LogP contribution in [0.25, 0.3) is 0 Å². The molecule has 0 aromatic heterocycles. The van der Waals surface area contributed by atoms with E-state index >= 15 is 0 Å². The van der Waals surface area contributed by atoms with Crippen molar-refractivity contribution in [3.05, 3.63) is 35.4 Å². The van der Waals surface area contributed by atoms with Crippen molar-refractivity contribution in [3.8, 4) is 6.07 Å². The number of carbonyl (C=O) groups is 1. The van der Waals surface area contributed by atoms with Gasteiger partial charge in [-0.15, -0.1) is 0 Å². The van der Waals surface area contributed by atoms with Gasteiger partial charge in [-0.2, -0.15) is 5.26 Å². The third kappa shape index (κ3) is 3.16. The van der Waals surface area contributed by atoms with Gasteiger partial charge >= 0.3 is 0 Å². The van der Waals surface area contributed by atoms with Gasteiger partial charge in [0, 0.05) is 18.6 Å². The van der Waals surface area contributed by atoms with Crippen LogP contribution in [-0.4, -0.2) is 24.5 Å². The van der Waals surface area contributed by atoms with E-state index in [1.54, 1.807) is 24.3 Å². The zero-order chi connectivity index (χ0) is 14.5. The van der Waals surface area contributed by atoms with Crippen molar-refractivity contribution >= 4 is 5.91 Å². The summed E-state index contributed by atoms with van der Waals surface area (Å²) >= 11 is 0. The molecule has 1 heterocycles. The number of benzene rings is 1. The largest absolute Gasteiger partial charge is 0.352 e. The monoisotopic (exact) mass is 272 g/mol. The Kier molecular flexibility index (Phi) is 4.72. The number of nitriles is 1. The zero-order valence-electron chi connectivity index (χ0n) is 11.8. The molecule has 5 heteroatoms. The van der Waals surface area contributed by atoms with E-state index in [1.807, 2.05) is 6.07 Å². The van der Waals surface area contributed by atoms with Crippen molar-refractivity contribution in [2.75, 3.05) is 6.54 Å². The Bertz CT molecular complexity index is 513. The van der Waals surface area contributed by atoms with E-state index in [0.717, 1.165) is 6.42 Å². The number of carbonyl (C=O) groups excluding carboxylic acids is 1. The SMILES string of the molecule is CC1NNC(C)C1CCNC(=O)c1ccccc1C#N. The maximum absolute atomic E-state index is 12.1. The third-order valence-corrected chi connectivity index (χ3v) is 3.88. The summed E-state index contributed by atoms with van der Waals surface area (Å²) in [6.45, 7) is 4.88. The average molecular weight is 272 g/mol. The Balaban J connectivity index is 1.88. The molecule has 1 fully saturated rings. The van der Waals surface area contributed by atoms with E-state index in [0.29, 0.717) is 35.7 Å². The first kappa shape index (κ1) is 14.5. The maximum atomic E-state index is 12.1. The van der Waals surface area contributed by atoms with Gasteiger partial charge in [-0.05, 0) is 38.3 Å². The average Bonchev–Trinajstić information content (AvgIpc) is 2.78. The molecule has 106 valence electrons. The molecule has 2 atom stereocenters. The molecule has 0 spiro atoms. The molecule has 0 saturated carbocycles. The molecule has 0 radical (unpaired) electrons. The predicted molar refractivity (Wildman–Crippen MR) is 76.8 cm³/mol. The number of nitrogens with zero attached hydrogens (tertiary/aromatic N) is 1. The lowest BCUT2D eigenvalue weighted by Crippen LogP contribution is -2.31. The van der Waals surface area contributed by atoms with Crippen LogP contribution in [-0.2, 0) is 0 Å². The van der Waals surface area contributed by atoms with Gasteiger partial charge in [-0.1, -0.05) is 12.1 Å². The van der Waals surface area contributed by atoms with Crippen LogP contribution in [0.4, 0.5) is 0 Å². The fraction of sp³-hybridized carbons (Fsp3) is 0.467. The fourth-order valence-electron chi connectivity index (χ4n) is 2.64. The van der Waals surface area contributed by atoms with Gasteiger partial charge in [0.15, 0.2) is 0 Å². The highest BCUT2D eigenvalue weighted by Gasteiger charge is 2.29. The van der Waals surface area contributed by atoms with Crippen LogP contribution in [0.3, 0.4) is 0 Å². The van der Waals surface area contributed by atoms with Gasteiger partial charge in [-0.3, -0.25) is 15.6 Å². The summed E-state index contributed by atoms with van der Waals surface area (Å²) in [6.07, 6.45) is 0.906. The smallest absolute Gasteiger partial charge is 0.252 e. The first-order chi connectivity index (χ1) is 9.63. The minimum Gasteiger partial charge on any atom is -0.352 e. The summed E-state index contributed by atoms with van der Waals surface area (Å²) in [4.78, 5) is 12.1. The molecule has 0 aliphatic carbocycles. The Morgan fingerprint density at radius 2 is 1.95 bits per heavy atom. The van der Waals surface area contributed by atoms with E-state index in [9.17, 15) is 4.79 Å². The summed E-state index contributed by atoms with van der Waals surface area (Å²) in [7, 11) is 0. The van der Waals surface area contributed by atoms with Crippen LogP contribution in [0.1, 0.15) is 36.2 Å².